The number of Topliss-reactive ketones (excluding diaryl/α,β-unsaturated/α-hetero) is 2. The maximum atomic E-state index is 13.5. The predicted molar refractivity (Wildman–Crippen MR) is 113 cm³/mol. The maximum Gasteiger partial charge on any atom is 0.294 e. The molecule has 0 bridgehead atoms. The van der Waals surface area contributed by atoms with E-state index < -0.39 is 109 Å². The number of nitrogen functional groups attached to an aromatic ring is 1. The highest BCUT2D eigenvalue weighted by molar-refractivity contribution is 6.36. The molecule has 13 nitrogen and oxygen atoms in total. The van der Waals surface area contributed by atoms with Crippen LogP contribution in [0.2, 0.25) is 5.02 Å². The van der Waals surface area contributed by atoms with Crippen LogP contribution in [0.25, 0.3) is 0 Å². The number of phenolic OH excluding ortho intramolecular Hbond substituents is 1. The average Bonchev–Trinajstić information content (AvgIpc) is 2.74. The molecule has 0 aliphatic heterocycles. The number of nitro benzene ring substituents is 1. The van der Waals surface area contributed by atoms with Crippen molar-refractivity contribution < 1.29 is 44.8 Å². The first-order valence-electron chi connectivity index (χ1n) is 10.1. The van der Waals surface area contributed by atoms with Crippen molar-refractivity contribution >= 4 is 40.4 Å². The zero-order valence-corrected chi connectivity index (χ0v) is 18.2. The second kappa shape index (κ2) is 7.37. The number of carbonyl (C=O) groups excluding carboxylic acids is 3. The molecule has 1 aromatic carbocycles. The Hall–Kier alpha value is -3.26. The number of aliphatic hydroxyl groups excluding tert-OH is 3. The van der Waals surface area contributed by atoms with Crippen LogP contribution in [0.5, 0.6) is 5.75 Å². The second-order valence-electron chi connectivity index (χ2n) is 8.81. The van der Waals surface area contributed by atoms with Gasteiger partial charge in [-0.05, 0) is 5.92 Å². The van der Waals surface area contributed by atoms with Gasteiger partial charge in [0.15, 0.2) is 22.9 Å². The van der Waals surface area contributed by atoms with Gasteiger partial charge in [-0.1, -0.05) is 18.5 Å². The number of primary amides is 1. The molecule has 1 aromatic rings. The topological polar surface area (TPSA) is 248 Å². The van der Waals surface area contributed by atoms with Gasteiger partial charge in [0.1, 0.15) is 28.1 Å². The minimum Gasteiger partial charge on any atom is -0.508 e. The van der Waals surface area contributed by atoms with Gasteiger partial charge < -0.3 is 37.0 Å². The number of anilines is 1. The average molecular weight is 498 g/mol. The molecule has 9 N–H and O–H groups in total. The molecular formula is C20H20ClN3O10. The first-order chi connectivity index (χ1) is 15.7. The number of hydrogen-bond donors (Lipinski definition) is 7. The fourth-order valence-electron chi connectivity index (χ4n) is 5.81. The van der Waals surface area contributed by atoms with Gasteiger partial charge in [-0.3, -0.25) is 24.5 Å². The third kappa shape index (κ3) is 2.69. The number of halogens is 1. The van der Waals surface area contributed by atoms with Gasteiger partial charge in [0.25, 0.3) is 11.6 Å². The van der Waals surface area contributed by atoms with Crippen molar-refractivity contribution in [2.75, 3.05) is 5.73 Å². The van der Waals surface area contributed by atoms with Gasteiger partial charge in [0.2, 0.25) is 0 Å². The number of hydrogen-bond acceptors (Lipinski definition) is 11. The highest BCUT2D eigenvalue weighted by atomic mass is 35.5. The molecule has 34 heavy (non-hydrogen) atoms. The molecule has 0 radical (unpaired) electrons. The van der Waals surface area contributed by atoms with Gasteiger partial charge in [0, 0.05) is 23.8 Å². The van der Waals surface area contributed by atoms with Gasteiger partial charge in [0.05, 0.1) is 22.5 Å². The smallest absolute Gasteiger partial charge is 0.294 e. The standard InChI is InChI=1S/C20H20ClN3O10/c1-3-6-9(16(28)12(22)11(21)13(6)24(33)34)15(27)10-7(3)14(26)4-2-5(25)8(19(23)31)17(29)20(4,32)18(10)30/h3-4,7,10,14,18,26,28-30,32H,2,22H2,1H3,(H2,23,31)/t3-,4?,7?,10?,14-,18?,20?/m1/s1. The van der Waals surface area contributed by atoms with Crippen LogP contribution in [0.15, 0.2) is 11.3 Å². The van der Waals surface area contributed by atoms with E-state index >= 15 is 0 Å². The lowest BCUT2D eigenvalue weighted by Crippen LogP contribution is -2.69. The van der Waals surface area contributed by atoms with Crippen molar-refractivity contribution in [1.29, 1.82) is 0 Å². The fraction of sp³-hybridized carbons (Fsp3) is 0.450. The first-order valence-corrected chi connectivity index (χ1v) is 10.4. The zero-order valence-electron chi connectivity index (χ0n) is 17.4. The Bertz CT molecular complexity index is 1230. The first kappa shape index (κ1) is 23.9. The van der Waals surface area contributed by atoms with Crippen molar-refractivity contribution in [3.63, 3.8) is 0 Å². The summed E-state index contributed by atoms with van der Waals surface area (Å²) in [5, 5.41) is 65.9. The van der Waals surface area contributed by atoms with Crippen LogP contribution in [0, 0.1) is 27.9 Å². The van der Waals surface area contributed by atoms with E-state index in [0.717, 1.165) is 0 Å². The monoisotopic (exact) mass is 497 g/mol. The molecule has 0 spiro atoms. The Balaban J connectivity index is 2.01. The second-order valence-corrected chi connectivity index (χ2v) is 9.19. The molecule has 14 heteroatoms. The molecule has 0 heterocycles. The maximum absolute atomic E-state index is 13.5. The normalized spacial score (nSPS) is 34.9. The van der Waals surface area contributed by atoms with Crippen molar-refractivity contribution in [3.8, 4) is 5.75 Å². The van der Waals surface area contributed by atoms with Crippen molar-refractivity contribution in [1.82, 2.24) is 0 Å². The molecule has 1 saturated carbocycles. The predicted octanol–water partition coefficient (Wildman–Crippen LogP) is -0.579. The molecule has 7 atom stereocenters. The number of nitro groups is 1. The number of aliphatic hydroxyl groups is 4. The summed E-state index contributed by atoms with van der Waals surface area (Å²) >= 11 is 5.98. The highest BCUT2D eigenvalue weighted by Crippen LogP contribution is 2.59. The lowest BCUT2D eigenvalue weighted by Gasteiger charge is -2.56. The van der Waals surface area contributed by atoms with Gasteiger partial charge in [-0.15, -0.1) is 0 Å². The van der Waals surface area contributed by atoms with Crippen molar-refractivity contribution in [3.05, 3.63) is 37.6 Å². The summed E-state index contributed by atoms with van der Waals surface area (Å²) in [5.41, 5.74) is 4.61. The summed E-state index contributed by atoms with van der Waals surface area (Å²) in [6.45, 7) is 1.37. The number of rotatable bonds is 2. The van der Waals surface area contributed by atoms with Crippen LogP contribution in [0.4, 0.5) is 11.4 Å². The van der Waals surface area contributed by atoms with Crippen LogP contribution in [0.3, 0.4) is 0 Å². The highest BCUT2D eigenvalue weighted by Gasteiger charge is 2.67. The van der Waals surface area contributed by atoms with Crippen LogP contribution < -0.4 is 11.5 Å². The molecule has 1 amide bonds. The molecule has 182 valence electrons. The Morgan fingerprint density at radius 2 is 1.85 bits per heavy atom. The Kier molecular flexibility index (Phi) is 5.18. The third-order valence-electron chi connectivity index (χ3n) is 7.35. The number of nitrogens with zero attached hydrogens (tertiary/aromatic N) is 1. The van der Waals surface area contributed by atoms with Gasteiger partial charge >= 0.3 is 0 Å². The molecule has 3 aliphatic carbocycles. The van der Waals surface area contributed by atoms with E-state index in [4.69, 9.17) is 23.1 Å². The number of carbonyl (C=O) groups is 3. The third-order valence-corrected chi connectivity index (χ3v) is 7.73. The summed E-state index contributed by atoms with van der Waals surface area (Å²) in [4.78, 5) is 48.5. The molecule has 3 aliphatic rings. The summed E-state index contributed by atoms with van der Waals surface area (Å²) in [6, 6.07) is 0. The van der Waals surface area contributed by atoms with E-state index in [0.29, 0.717) is 0 Å². The number of ketones is 2. The van der Waals surface area contributed by atoms with Crippen molar-refractivity contribution in [2.24, 2.45) is 23.5 Å². The fourth-order valence-corrected chi connectivity index (χ4v) is 6.07. The quantitative estimate of drug-likeness (QED) is 0.0894. The van der Waals surface area contributed by atoms with Crippen LogP contribution >= 0.6 is 11.6 Å². The minimum atomic E-state index is -2.83. The number of nitrogens with two attached hydrogens (primary N) is 2. The molecule has 1 fully saturated rings. The molecule has 4 rings (SSSR count). The number of phenols is 1. The Morgan fingerprint density at radius 1 is 1.26 bits per heavy atom. The lowest BCUT2D eigenvalue weighted by molar-refractivity contribution is -0.385. The van der Waals surface area contributed by atoms with E-state index in [9.17, 15) is 50.0 Å². The lowest BCUT2D eigenvalue weighted by atomic mass is 9.51. The van der Waals surface area contributed by atoms with Crippen molar-refractivity contribution in [2.45, 2.75) is 37.1 Å². The van der Waals surface area contributed by atoms with E-state index in [1.54, 1.807) is 0 Å². The van der Waals surface area contributed by atoms with Crippen LogP contribution in [-0.4, -0.2) is 65.7 Å². The Labute approximate surface area is 195 Å². The molecular weight excluding hydrogens is 478 g/mol. The number of aromatic hydroxyl groups is 1. The summed E-state index contributed by atoms with van der Waals surface area (Å²) in [7, 11) is 0. The SMILES string of the molecule is C[C@@H]1c2c(c(O)c(N)c(Cl)c2[N+](=O)[O-])C(=O)C2C1[C@H](O)C1CC(=O)C(C(N)=O)=C(O)C1(O)C2O. The van der Waals surface area contributed by atoms with Gasteiger partial charge in [-0.25, -0.2) is 0 Å². The zero-order chi connectivity index (χ0) is 25.6. The van der Waals surface area contributed by atoms with E-state index in [2.05, 4.69) is 0 Å². The number of fused-ring (bicyclic) bond motifs is 3. The van der Waals surface area contributed by atoms with E-state index in [1.165, 1.54) is 6.92 Å². The minimum absolute atomic E-state index is 0.329. The van der Waals surface area contributed by atoms with Gasteiger partial charge in [-0.2, -0.15) is 0 Å². The number of amides is 1. The van der Waals surface area contributed by atoms with E-state index in [-0.39, 0.29) is 5.56 Å². The summed E-state index contributed by atoms with van der Waals surface area (Å²) < 4.78 is 0. The molecule has 0 aromatic heterocycles. The molecule has 5 unspecified atom stereocenters. The molecule has 0 saturated heterocycles. The van der Waals surface area contributed by atoms with Crippen LogP contribution in [-0.2, 0) is 9.59 Å². The Morgan fingerprint density at radius 3 is 2.38 bits per heavy atom. The van der Waals surface area contributed by atoms with Crippen LogP contribution in [0.1, 0.15) is 35.2 Å². The summed E-state index contributed by atoms with van der Waals surface area (Å²) in [6.07, 6.45) is -4.69. The number of benzene rings is 1. The summed E-state index contributed by atoms with van der Waals surface area (Å²) in [5.74, 6) is -11.4. The largest absolute Gasteiger partial charge is 0.508 e. The van der Waals surface area contributed by atoms with E-state index in [1.807, 2.05) is 0 Å².